The van der Waals surface area contributed by atoms with Crippen LogP contribution in [0.3, 0.4) is 0 Å². The smallest absolute Gasteiger partial charge is 0.335 e. The summed E-state index contributed by atoms with van der Waals surface area (Å²) in [5.41, 5.74) is 1.76. The number of carboxylic acids is 1. The van der Waals surface area contributed by atoms with Crippen LogP contribution < -0.4 is 4.90 Å². The summed E-state index contributed by atoms with van der Waals surface area (Å²) in [6, 6.07) is 11.2. The Morgan fingerprint density at radius 3 is 2.70 bits per heavy atom. The van der Waals surface area contributed by atoms with Crippen molar-refractivity contribution in [1.29, 1.82) is 0 Å². The van der Waals surface area contributed by atoms with E-state index >= 15 is 0 Å². The lowest BCUT2D eigenvalue weighted by atomic mass is 10.1. The van der Waals surface area contributed by atoms with Crippen LogP contribution in [-0.4, -0.2) is 34.5 Å². The highest BCUT2D eigenvalue weighted by Gasteiger charge is 2.33. The number of hydrogen-bond acceptors (Lipinski definition) is 4. The number of aliphatic imine (C=N–C) groups is 1. The molecule has 0 atom stereocenters. The number of halogens is 1. The molecule has 1 amide bonds. The summed E-state index contributed by atoms with van der Waals surface area (Å²) in [6.45, 7) is -0.457. The molecule has 0 radical (unpaired) electrons. The van der Waals surface area contributed by atoms with Crippen LogP contribution in [0.4, 0.5) is 11.4 Å². The fourth-order valence-corrected chi connectivity index (χ4v) is 2.73. The number of carbonyl (C=O) groups excluding carboxylic acids is 1. The number of aromatic carboxylic acids is 1. The van der Waals surface area contributed by atoms with Gasteiger partial charge < -0.3 is 10.2 Å². The molecule has 0 fully saturated rings. The molecule has 7 heteroatoms. The van der Waals surface area contributed by atoms with Crippen LogP contribution in [0.15, 0.2) is 51.9 Å². The number of hydrogen-bond donors (Lipinski definition) is 2. The number of benzene rings is 2. The molecule has 116 valence electrons. The van der Waals surface area contributed by atoms with E-state index in [-0.39, 0.29) is 11.3 Å². The molecule has 2 aromatic carbocycles. The van der Waals surface area contributed by atoms with Gasteiger partial charge in [0.15, 0.2) is 0 Å². The third-order valence-electron chi connectivity index (χ3n) is 3.43. The fraction of sp³-hybridized carbons (Fsp3) is 0.0625. The molecule has 0 spiro atoms. The first kappa shape index (κ1) is 15.4. The Kier molecular flexibility index (Phi) is 3.97. The van der Waals surface area contributed by atoms with Crippen LogP contribution in [-0.2, 0) is 4.79 Å². The van der Waals surface area contributed by atoms with Gasteiger partial charge in [-0.25, -0.2) is 9.79 Å². The third-order valence-corrected chi connectivity index (χ3v) is 3.92. The standard InChI is InChI=1S/C16H11BrN2O4/c17-10-4-5-13-12(7-10)14(15(21)19(13)8-20)18-11-3-1-2-9(6-11)16(22)23/h1-7,20H,8H2,(H,22,23). The highest BCUT2D eigenvalue weighted by atomic mass is 79.9. The van der Waals surface area contributed by atoms with Gasteiger partial charge in [0.2, 0.25) is 0 Å². The molecular formula is C16H11BrN2O4. The maximum atomic E-state index is 12.4. The van der Waals surface area contributed by atoms with Gasteiger partial charge in [-0.1, -0.05) is 22.0 Å². The molecular weight excluding hydrogens is 364 g/mol. The number of amides is 1. The van der Waals surface area contributed by atoms with E-state index in [1.54, 1.807) is 30.3 Å². The number of aliphatic hydroxyl groups excluding tert-OH is 1. The molecule has 3 rings (SSSR count). The van der Waals surface area contributed by atoms with Crippen molar-refractivity contribution in [3.63, 3.8) is 0 Å². The Bertz CT molecular complexity index is 848. The minimum atomic E-state index is -1.06. The number of anilines is 1. The lowest BCUT2D eigenvalue weighted by molar-refractivity contribution is -0.112. The molecule has 0 saturated carbocycles. The first-order valence-corrected chi connectivity index (χ1v) is 7.45. The van der Waals surface area contributed by atoms with Crippen LogP contribution in [0.2, 0.25) is 0 Å². The molecule has 1 heterocycles. The van der Waals surface area contributed by atoms with Crippen molar-refractivity contribution in [2.24, 2.45) is 4.99 Å². The van der Waals surface area contributed by atoms with E-state index in [0.717, 1.165) is 4.47 Å². The fourth-order valence-electron chi connectivity index (χ4n) is 2.37. The highest BCUT2D eigenvalue weighted by Crippen LogP contribution is 2.32. The Morgan fingerprint density at radius 1 is 1.22 bits per heavy atom. The van der Waals surface area contributed by atoms with Crippen molar-refractivity contribution < 1.29 is 19.8 Å². The van der Waals surface area contributed by atoms with Crippen molar-refractivity contribution in [3.05, 3.63) is 58.1 Å². The molecule has 2 N–H and O–H groups in total. The van der Waals surface area contributed by atoms with E-state index in [2.05, 4.69) is 20.9 Å². The van der Waals surface area contributed by atoms with Gasteiger partial charge in [-0.2, -0.15) is 0 Å². The van der Waals surface area contributed by atoms with E-state index in [1.165, 1.54) is 17.0 Å². The van der Waals surface area contributed by atoms with Crippen LogP contribution in [0.25, 0.3) is 0 Å². The molecule has 0 aromatic heterocycles. The summed E-state index contributed by atoms with van der Waals surface area (Å²) in [7, 11) is 0. The minimum Gasteiger partial charge on any atom is -0.478 e. The summed E-state index contributed by atoms with van der Waals surface area (Å²) in [6.07, 6.45) is 0. The lowest BCUT2D eigenvalue weighted by Gasteiger charge is -2.12. The van der Waals surface area contributed by atoms with Crippen LogP contribution in [0, 0.1) is 0 Å². The zero-order valence-electron chi connectivity index (χ0n) is 11.7. The van der Waals surface area contributed by atoms with Crippen molar-refractivity contribution >= 4 is 44.9 Å². The molecule has 23 heavy (non-hydrogen) atoms. The first-order valence-electron chi connectivity index (χ1n) is 6.66. The number of aliphatic hydroxyl groups is 1. The van der Waals surface area contributed by atoms with Gasteiger partial charge in [0.1, 0.15) is 12.4 Å². The van der Waals surface area contributed by atoms with Crippen molar-refractivity contribution in [2.75, 3.05) is 11.6 Å². The average Bonchev–Trinajstić information content (AvgIpc) is 2.79. The summed E-state index contributed by atoms with van der Waals surface area (Å²) in [4.78, 5) is 29.0. The number of nitrogens with zero attached hydrogens (tertiary/aromatic N) is 2. The molecule has 0 bridgehead atoms. The molecule has 1 aliphatic rings. The Morgan fingerprint density at radius 2 is 2.00 bits per heavy atom. The van der Waals surface area contributed by atoms with Crippen molar-refractivity contribution in [3.8, 4) is 0 Å². The van der Waals surface area contributed by atoms with E-state index in [9.17, 15) is 14.7 Å². The van der Waals surface area contributed by atoms with Gasteiger partial charge in [0.25, 0.3) is 5.91 Å². The molecule has 6 nitrogen and oxygen atoms in total. The largest absolute Gasteiger partial charge is 0.478 e. The first-order chi connectivity index (χ1) is 11.0. The topological polar surface area (TPSA) is 90.2 Å². The van der Waals surface area contributed by atoms with Crippen LogP contribution >= 0.6 is 15.9 Å². The average molecular weight is 375 g/mol. The normalized spacial score (nSPS) is 15.1. The number of rotatable bonds is 3. The second-order valence-corrected chi connectivity index (χ2v) is 5.77. The Labute approximate surface area is 139 Å². The lowest BCUT2D eigenvalue weighted by Crippen LogP contribution is -2.30. The summed E-state index contributed by atoms with van der Waals surface area (Å²) in [5.74, 6) is -1.49. The molecule has 1 aliphatic heterocycles. The SMILES string of the molecule is O=C(O)c1cccc(N=C2C(=O)N(CO)c3ccc(Br)cc32)c1. The summed E-state index contributed by atoms with van der Waals surface area (Å²) in [5, 5.41) is 18.4. The van der Waals surface area contributed by atoms with E-state index in [1.807, 2.05) is 0 Å². The number of carbonyl (C=O) groups is 2. The monoisotopic (exact) mass is 374 g/mol. The maximum absolute atomic E-state index is 12.4. The van der Waals surface area contributed by atoms with E-state index in [4.69, 9.17) is 5.11 Å². The summed E-state index contributed by atoms with van der Waals surface area (Å²) >= 11 is 3.35. The van der Waals surface area contributed by atoms with Crippen molar-refractivity contribution in [1.82, 2.24) is 0 Å². The van der Waals surface area contributed by atoms with Gasteiger partial charge in [-0.15, -0.1) is 0 Å². The van der Waals surface area contributed by atoms with Gasteiger partial charge >= 0.3 is 5.97 Å². The maximum Gasteiger partial charge on any atom is 0.335 e. The van der Waals surface area contributed by atoms with Crippen LogP contribution in [0.5, 0.6) is 0 Å². The highest BCUT2D eigenvalue weighted by molar-refractivity contribution is 9.10. The zero-order valence-corrected chi connectivity index (χ0v) is 13.3. The van der Waals surface area contributed by atoms with Gasteiger partial charge in [0.05, 0.1) is 16.9 Å². The van der Waals surface area contributed by atoms with Crippen molar-refractivity contribution in [2.45, 2.75) is 0 Å². The number of carboxylic acid groups (broad SMARTS) is 1. The van der Waals surface area contributed by atoms with Crippen LogP contribution in [0.1, 0.15) is 15.9 Å². The Balaban J connectivity index is 2.13. The predicted molar refractivity (Wildman–Crippen MR) is 88.3 cm³/mol. The molecule has 2 aromatic rings. The van der Waals surface area contributed by atoms with Gasteiger partial charge in [-0.3, -0.25) is 9.69 Å². The minimum absolute atomic E-state index is 0.0887. The number of fused-ring (bicyclic) bond motifs is 1. The third kappa shape index (κ3) is 2.76. The molecule has 0 unspecified atom stereocenters. The zero-order chi connectivity index (χ0) is 16.6. The predicted octanol–water partition coefficient (Wildman–Crippen LogP) is 2.56. The second kappa shape index (κ2) is 5.94. The molecule has 0 aliphatic carbocycles. The van der Waals surface area contributed by atoms with E-state index < -0.39 is 18.6 Å². The Hall–Kier alpha value is -2.51. The molecule has 0 saturated heterocycles. The van der Waals surface area contributed by atoms with Gasteiger partial charge in [0, 0.05) is 10.0 Å². The van der Waals surface area contributed by atoms with E-state index in [0.29, 0.717) is 16.9 Å². The summed E-state index contributed by atoms with van der Waals surface area (Å²) < 4.78 is 0.774. The van der Waals surface area contributed by atoms with Gasteiger partial charge in [-0.05, 0) is 36.4 Å². The second-order valence-electron chi connectivity index (χ2n) is 4.85. The quantitative estimate of drug-likeness (QED) is 0.863.